The van der Waals surface area contributed by atoms with E-state index in [1.807, 2.05) is 6.92 Å². The Morgan fingerprint density at radius 3 is 2.80 bits per heavy atom. The number of hydrogen-bond donors (Lipinski definition) is 2. The van der Waals surface area contributed by atoms with Crippen LogP contribution in [0.3, 0.4) is 0 Å². The number of amides is 1. The van der Waals surface area contributed by atoms with Crippen LogP contribution in [0.1, 0.15) is 29.4 Å². The van der Waals surface area contributed by atoms with Crippen molar-refractivity contribution in [3.8, 4) is 0 Å². The average Bonchev–Trinajstić information content (AvgIpc) is 2.54. The summed E-state index contributed by atoms with van der Waals surface area (Å²) in [5.74, 6) is -0.179. The number of hydrogen-bond acceptors (Lipinski definition) is 3. The van der Waals surface area contributed by atoms with Crippen molar-refractivity contribution in [2.45, 2.75) is 26.3 Å². The molecule has 0 radical (unpaired) electrons. The zero-order valence-electron chi connectivity index (χ0n) is 9.32. The van der Waals surface area contributed by atoms with Crippen molar-refractivity contribution in [3.05, 3.63) is 17.5 Å². The highest BCUT2D eigenvalue weighted by Crippen LogP contribution is 2.05. The molecule has 1 heterocycles. The minimum absolute atomic E-state index is 0.0401. The Morgan fingerprint density at radius 1 is 1.73 bits per heavy atom. The van der Waals surface area contributed by atoms with Gasteiger partial charge in [-0.3, -0.25) is 9.48 Å². The number of nitrogens with zero attached hydrogens (tertiary/aromatic N) is 2. The van der Waals surface area contributed by atoms with Crippen molar-refractivity contribution in [1.82, 2.24) is 15.1 Å². The van der Waals surface area contributed by atoms with Gasteiger partial charge in [-0.25, -0.2) is 0 Å². The van der Waals surface area contributed by atoms with Crippen LogP contribution in [-0.2, 0) is 7.05 Å². The summed E-state index contributed by atoms with van der Waals surface area (Å²) in [6, 6.07) is -0.183. The van der Waals surface area contributed by atoms with Gasteiger partial charge in [-0.05, 0) is 13.3 Å². The van der Waals surface area contributed by atoms with Crippen LogP contribution in [0.25, 0.3) is 0 Å². The number of aromatic nitrogens is 2. The monoisotopic (exact) mass is 211 g/mol. The number of aliphatic hydroxyl groups is 1. The molecule has 5 nitrogen and oxygen atoms in total. The van der Waals surface area contributed by atoms with E-state index in [1.54, 1.807) is 24.9 Å². The van der Waals surface area contributed by atoms with Crippen LogP contribution >= 0.6 is 0 Å². The molecule has 0 fully saturated rings. The van der Waals surface area contributed by atoms with E-state index in [0.29, 0.717) is 17.7 Å². The highest BCUT2D eigenvalue weighted by Gasteiger charge is 2.15. The minimum atomic E-state index is -0.183. The molecule has 15 heavy (non-hydrogen) atoms. The Balaban J connectivity index is 2.72. The summed E-state index contributed by atoms with van der Waals surface area (Å²) in [6.07, 6.45) is 2.39. The number of aryl methyl sites for hydroxylation is 2. The molecule has 1 aromatic rings. The van der Waals surface area contributed by atoms with E-state index in [1.165, 1.54) is 0 Å². The van der Waals surface area contributed by atoms with E-state index in [2.05, 4.69) is 10.4 Å². The van der Waals surface area contributed by atoms with Crippen molar-refractivity contribution < 1.29 is 9.90 Å². The van der Waals surface area contributed by atoms with Crippen LogP contribution in [-0.4, -0.2) is 33.4 Å². The van der Waals surface area contributed by atoms with Gasteiger partial charge in [-0.1, -0.05) is 6.92 Å². The first-order valence-corrected chi connectivity index (χ1v) is 5.00. The Morgan fingerprint density at radius 2 is 2.40 bits per heavy atom. The third-order valence-corrected chi connectivity index (χ3v) is 2.31. The first kappa shape index (κ1) is 11.7. The van der Waals surface area contributed by atoms with Gasteiger partial charge in [0.25, 0.3) is 5.91 Å². The van der Waals surface area contributed by atoms with Crippen LogP contribution in [0.4, 0.5) is 0 Å². The van der Waals surface area contributed by atoms with E-state index >= 15 is 0 Å². The van der Waals surface area contributed by atoms with E-state index in [4.69, 9.17) is 5.11 Å². The van der Waals surface area contributed by atoms with Crippen LogP contribution in [0, 0.1) is 6.92 Å². The van der Waals surface area contributed by atoms with E-state index < -0.39 is 0 Å². The summed E-state index contributed by atoms with van der Waals surface area (Å²) >= 11 is 0. The Bertz CT molecular complexity index is 342. The fourth-order valence-corrected chi connectivity index (χ4v) is 1.36. The standard InChI is InChI=1S/C10H17N3O2/c1-4-8(6-14)11-10(15)9-5-13(3)12-7(9)2/h5,8,14H,4,6H2,1-3H3,(H,11,15)/t8-/m0/s1. The summed E-state index contributed by atoms with van der Waals surface area (Å²) in [7, 11) is 1.77. The molecular weight excluding hydrogens is 194 g/mol. The van der Waals surface area contributed by atoms with Crippen LogP contribution < -0.4 is 5.32 Å². The number of aliphatic hydroxyl groups excluding tert-OH is 1. The molecule has 1 atom stereocenters. The highest BCUT2D eigenvalue weighted by atomic mass is 16.3. The molecule has 0 saturated carbocycles. The first-order chi connectivity index (χ1) is 7.08. The van der Waals surface area contributed by atoms with Gasteiger partial charge < -0.3 is 10.4 Å². The second-order valence-corrected chi connectivity index (χ2v) is 3.56. The fourth-order valence-electron chi connectivity index (χ4n) is 1.36. The van der Waals surface area contributed by atoms with Crippen molar-refractivity contribution in [2.24, 2.45) is 7.05 Å². The predicted molar refractivity (Wildman–Crippen MR) is 56.6 cm³/mol. The van der Waals surface area contributed by atoms with Crippen molar-refractivity contribution in [1.29, 1.82) is 0 Å². The number of carbonyl (C=O) groups is 1. The second kappa shape index (κ2) is 4.93. The van der Waals surface area contributed by atoms with Gasteiger partial charge in [0.05, 0.1) is 23.9 Å². The summed E-state index contributed by atoms with van der Waals surface area (Å²) in [6.45, 7) is 3.66. The molecule has 5 heteroatoms. The maximum Gasteiger partial charge on any atom is 0.255 e. The molecule has 1 amide bonds. The van der Waals surface area contributed by atoms with Crippen molar-refractivity contribution in [2.75, 3.05) is 6.61 Å². The summed E-state index contributed by atoms with van der Waals surface area (Å²) in [5, 5.41) is 15.8. The summed E-state index contributed by atoms with van der Waals surface area (Å²) < 4.78 is 1.60. The highest BCUT2D eigenvalue weighted by molar-refractivity contribution is 5.95. The zero-order chi connectivity index (χ0) is 11.4. The Labute approximate surface area is 89.1 Å². The fraction of sp³-hybridized carbons (Fsp3) is 0.600. The third-order valence-electron chi connectivity index (χ3n) is 2.31. The molecule has 0 aliphatic carbocycles. The summed E-state index contributed by atoms with van der Waals surface area (Å²) in [4.78, 5) is 11.7. The van der Waals surface area contributed by atoms with E-state index in [-0.39, 0.29) is 18.6 Å². The van der Waals surface area contributed by atoms with Crippen molar-refractivity contribution >= 4 is 5.91 Å². The smallest absolute Gasteiger partial charge is 0.255 e. The molecule has 0 saturated heterocycles. The lowest BCUT2D eigenvalue weighted by Crippen LogP contribution is -2.37. The SMILES string of the molecule is CC[C@@H](CO)NC(=O)c1cn(C)nc1C. The molecule has 0 unspecified atom stereocenters. The van der Waals surface area contributed by atoms with E-state index in [0.717, 1.165) is 0 Å². The lowest BCUT2D eigenvalue weighted by molar-refractivity contribution is 0.0914. The van der Waals surface area contributed by atoms with Gasteiger partial charge in [0.1, 0.15) is 0 Å². The lowest BCUT2D eigenvalue weighted by Gasteiger charge is -2.13. The van der Waals surface area contributed by atoms with Crippen molar-refractivity contribution in [3.63, 3.8) is 0 Å². The van der Waals surface area contributed by atoms with Crippen LogP contribution in [0.5, 0.6) is 0 Å². The van der Waals surface area contributed by atoms with Gasteiger partial charge in [0.15, 0.2) is 0 Å². The molecule has 2 N–H and O–H groups in total. The minimum Gasteiger partial charge on any atom is -0.394 e. The second-order valence-electron chi connectivity index (χ2n) is 3.56. The molecule has 0 aromatic carbocycles. The average molecular weight is 211 g/mol. The molecule has 0 spiro atoms. The largest absolute Gasteiger partial charge is 0.394 e. The molecule has 84 valence electrons. The molecule has 1 rings (SSSR count). The molecular formula is C10H17N3O2. The number of nitrogens with one attached hydrogen (secondary N) is 1. The normalized spacial score (nSPS) is 12.5. The quantitative estimate of drug-likeness (QED) is 0.749. The predicted octanol–water partition coefficient (Wildman–Crippen LogP) is 0.229. The van der Waals surface area contributed by atoms with Gasteiger partial charge >= 0.3 is 0 Å². The third kappa shape index (κ3) is 2.79. The van der Waals surface area contributed by atoms with Gasteiger partial charge in [-0.15, -0.1) is 0 Å². The number of carbonyl (C=O) groups excluding carboxylic acids is 1. The van der Waals surface area contributed by atoms with Gasteiger partial charge in [0.2, 0.25) is 0 Å². The lowest BCUT2D eigenvalue weighted by atomic mass is 10.2. The topological polar surface area (TPSA) is 67.2 Å². The van der Waals surface area contributed by atoms with Crippen LogP contribution in [0.2, 0.25) is 0 Å². The maximum absolute atomic E-state index is 11.7. The van der Waals surface area contributed by atoms with Gasteiger partial charge in [-0.2, -0.15) is 5.10 Å². The number of rotatable bonds is 4. The molecule has 0 aliphatic heterocycles. The Kier molecular flexibility index (Phi) is 3.85. The van der Waals surface area contributed by atoms with Crippen LogP contribution in [0.15, 0.2) is 6.20 Å². The van der Waals surface area contributed by atoms with E-state index in [9.17, 15) is 4.79 Å². The molecule has 1 aromatic heterocycles. The maximum atomic E-state index is 11.7. The summed E-state index contributed by atoms with van der Waals surface area (Å²) in [5.41, 5.74) is 1.26. The zero-order valence-corrected chi connectivity index (χ0v) is 9.32. The molecule has 0 bridgehead atoms. The Hall–Kier alpha value is -1.36. The first-order valence-electron chi connectivity index (χ1n) is 5.00. The van der Waals surface area contributed by atoms with Gasteiger partial charge in [0, 0.05) is 13.2 Å². The molecule has 0 aliphatic rings.